The molecule has 2 N–H and O–H groups in total. The van der Waals surface area contributed by atoms with Gasteiger partial charge in [0.15, 0.2) is 0 Å². The van der Waals surface area contributed by atoms with Crippen LogP contribution in [0.15, 0.2) is 27.6 Å². The van der Waals surface area contributed by atoms with E-state index in [1.54, 1.807) is 20.8 Å². The van der Waals surface area contributed by atoms with E-state index in [0.717, 1.165) is 6.07 Å². The Labute approximate surface area is 128 Å². The van der Waals surface area contributed by atoms with Gasteiger partial charge >= 0.3 is 5.97 Å². The Hall–Kier alpha value is -2.19. The number of carboxylic acid groups (broad SMARTS) is 1. The standard InChI is InChI=1S/C14H16N2O5S/c1-8-4-5-11(14(17)18)6-13(8)22(19,20)15-7-12-9(2)16-21-10(12)3/h4-6,15H,7H2,1-3H3,(H,17,18). The maximum atomic E-state index is 12.4. The third kappa shape index (κ3) is 3.18. The SMILES string of the molecule is Cc1ccc(C(=O)O)cc1S(=O)(=O)NCc1c(C)noc1C. The molecule has 7 nitrogen and oxygen atoms in total. The number of rotatable bonds is 5. The first-order valence-electron chi connectivity index (χ1n) is 6.47. The summed E-state index contributed by atoms with van der Waals surface area (Å²) >= 11 is 0. The summed E-state index contributed by atoms with van der Waals surface area (Å²) < 4.78 is 32.2. The van der Waals surface area contributed by atoms with Gasteiger partial charge in [0.25, 0.3) is 0 Å². The van der Waals surface area contributed by atoms with E-state index in [0.29, 0.717) is 22.6 Å². The number of nitrogens with one attached hydrogen (secondary N) is 1. The van der Waals surface area contributed by atoms with E-state index in [2.05, 4.69) is 9.88 Å². The summed E-state index contributed by atoms with van der Waals surface area (Å²) in [5, 5.41) is 12.7. The highest BCUT2D eigenvalue weighted by Crippen LogP contribution is 2.19. The van der Waals surface area contributed by atoms with Gasteiger partial charge in [-0.1, -0.05) is 11.2 Å². The van der Waals surface area contributed by atoms with Gasteiger partial charge in [-0.05, 0) is 38.5 Å². The first kappa shape index (κ1) is 16.2. The largest absolute Gasteiger partial charge is 0.478 e. The minimum atomic E-state index is -3.84. The van der Waals surface area contributed by atoms with Crippen molar-refractivity contribution in [3.63, 3.8) is 0 Å². The van der Waals surface area contributed by atoms with Gasteiger partial charge in [-0.2, -0.15) is 0 Å². The molecule has 1 heterocycles. The molecule has 8 heteroatoms. The Morgan fingerprint density at radius 2 is 2.00 bits per heavy atom. The second-order valence-electron chi connectivity index (χ2n) is 4.91. The van der Waals surface area contributed by atoms with Crippen LogP contribution < -0.4 is 4.72 Å². The molecule has 2 rings (SSSR count). The Morgan fingerprint density at radius 3 is 2.55 bits per heavy atom. The van der Waals surface area contributed by atoms with Crippen molar-refractivity contribution in [1.82, 2.24) is 9.88 Å². The number of aromatic nitrogens is 1. The summed E-state index contributed by atoms with van der Waals surface area (Å²) in [5.41, 5.74) is 1.66. The maximum absolute atomic E-state index is 12.4. The number of hydrogen-bond donors (Lipinski definition) is 2. The van der Waals surface area contributed by atoms with E-state index < -0.39 is 16.0 Å². The number of sulfonamides is 1. The van der Waals surface area contributed by atoms with Gasteiger partial charge in [0, 0.05) is 12.1 Å². The molecule has 0 aliphatic rings. The van der Waals surface area contributed by atoms with E-state index in [-0.39, 0.29) is 17.0 Å². The summed E-state index contributed by atoms with van der Waals surface area (Å²) in [5.74, 6) is -0.640. The summed E-state index contributed by atoms with van der Waals surface area (Å²) in [6.45, 7) is 5.05. The van der Waals surface area contributed by atoms with Crippen LogP contribution in [0.4, 0.5) is 0 Å². The van der Waals surface area contributed by atoms with Gasteiger partial charge < -0.3 is 9.63 Å². The number of hydrogen-bond acceptors (Lipinski definition) is 5. The summed E-state index contributed by atoms with van der Waals surface area (Å²) in [6.07, 6.45) is 0. The van der Waals surface area contributed by atoms with Crippen LogP contribution in [0, 0.1) is 20.8 Å². The van der Waals surface area contributed by atoms with E-state index in [1.165, 1.54) is 12.1 Å². The van der Waals surface area contributed by atoms with Gasteiger partial charge in [-0.15, -0.1) is 0 Å². The van der Waals surface area contributed by atoms with Crippen molar-refractivity contribution in [2.24, 2.45) is 0 Å². The fraction of sp³-hybridized carbons (Fsp3) is 0.286. The van der Waals surface area contributed by atoms with Crippen LogP contribution >= 0.6 is 0 Å². The van der Waals surface area contributed by atoms with Gasteiger partial charge in [-0.3, -0.25) is 0 Å². The number of aryl methyl sites for hydroxylation is 3. The minimum absolute atomic E-state index is 0.0280. The quantitative estimate of drug-likeness (QED) is 0.867. The van der Waals surface area contributed by atoms with Gasteiger partial charge in [-0.25, -0.2) is 17.9 Å². The lowest BCUT2D eigenvalue weighted by molar-refractivity contribution is 0.0696. The van der Waals surface area contributed by atoms with Crippen LogP contribution in [0.3, 0.4) is 0 Å². The van der Waals surface area contributed by atoms with Crippen LogP contribution in [-0.2, 0) is 16.6 Å². The van der Waals surface area contributed by atoms with Crippen LogP contribution in [0.2, 0.25) is 0 Å². The molecule has 0 bridgehead atoms. The first-order chi connectivity index (χ1) is 10.2. The highest BCUT2D eigenvalue weighted by molar-refractivity contribution is 7.89. The zero-order chi connectivity index (χ0) is 16.5. The molecule has 0 saturated carbocycles. The molecule has 0 amide bonds. The van der Waals surface area contributed by atoms with Gasteiger partial charge in [0.2, 0.25) is 10.0 Å². The van der Waals surface area contributed by atoms with E-state index in [4.69, 9.17) is 9.63 Å². The van der Waals surface area contributed by atoms with Crippen molar-refractivity contribution in [2.75, 3.05) is 0 Å². The summed E-state index contributed by atoms with van der Waals surface area (Å²) in [4.78, 5) is 10.9. The van der Waals surface area contributed by atoms with Gasteiger partial charge in [0.05, 0.1) is 16.2 Å². The van der Waals surface area contributed by atoms with E-state index in [9.17, 15) is 13.2 Å². The Morgan fingerprint density at radius 1 is 1.32 bits per heavy atom. The molecule has 0 aliphatic carbocycles. The molecular formula is C14H16N2O5S. The zero-order valence-electron chi connectivity index (χ0n) is 12.4. The highest BCUT2D eigenvalue weighted by atomic mass is 32.2. The molecular weight excluding hydrogens is 308 g/mol. The van der Waals surface area contributed by atoms with E-state index in [1.807, 2.05) is 0 Å². The molecule has 0 unspecified atom stereocenters. The lowest BCUT2D eigenvalue weighted by atomic mass is 10.1. The van der Waals surface area contributed by atoms with Crippen LogP contribution in [0.25, 0.3) is 0 Å². The lowest BCUT2D eigenvalue weighted by Crippen LogP contribution is -2.24. The number of benzene rings is 1. The van der Waals surface area contributed by atoms with Crippen LogP contribution in [0.5, 0.6) is 0 Å². The van der Waals surface area contributed by atoms with Gasteiger partial charge in [0.1, 0.15) is 5.76 Å². The summed E-state index contributed by atoms with van der Waals surface area (Å²) in [7, 11) is -3.84. The van der Waals surface area contributed by atoms with Crippen molar-refractivity contribution in [3.8, 4) is 0 Å². The fourth-order valence-electron chi connectivity index (χ4n) is 2.02. The fourth-order valence-corrected chi connectivity index (χ4v) is 3.29. The molecule has 2 aromatic rings. The highest BCUT2D eigenvalue weighted by Gasteiger charge is 2.20. The van der Waals surface area contributed by atoms with Crippen molar-refractivity contribution in [3.05, 3.63) is 46.3 Å². The molecule has 0 aliphatic heterocycles. The summed E-state index contributed by atoms with van der Waals surface area (Å²) in [6, 6.07) is 3.98. The number of aromatic carboxylic acids is 1. The average molecular weight is 324 g/mol. The Balaban J connectivity index is 2.31. The molecule has 0 saturated heterocycles. The monoisotopic (exact) mass is 324 g/mol. The predicted molar refractivity (Wildman–Crippen MR) is 78.1 cm³/mol. The zero-order valence-corrected chi connectivity index (χ0v) is 13.2. The Bertz CT molecular complexity index is 804. The van der Waals surface area contributed by atoms with Crippen molar-refractivity contribution in [2.45, 2.75) is 32.2 Å². The minimum Gasteiger partial charge on any atom is -0.478 e. The molecule has 1 aromatic carbocycles. The second-order valence-corrected chi connectivity index (χ2v) is 6.65. The number of carbonyl (C=O) groups is 1. The Kier molecular flexibility index (Phi) is 4.34. The topological polar surface area (TPSA) is 110 Å². The molecule has 118 valence electrons. The average Bonchev–Trinajstić information content (AvgIpc) is 2.76. The van der Waals surface area contributed by atoms with Crippen molar-refractivity contribution < 1.29 is 22.8 Å². The lowest BCUT2D eigenvalue weighted by Gasteiger charge is -2.10. The van der Waals surface area contributed by atoms with E-state index >= 15 is 0 Å². The first-order valence-corrected chi connectivity index (χ1v) is 7.96. The number of carboxylic acids is 1. The van der Waals surface area contributed by atoms with Crippen molar-refractivity contribution in [1.29, 1.82) is 0 Å². The third-order valence-electron chi connectivity index (χ3n) is 3.34. The predicted octanol–water partition coefficient (Wildman–Crippen LogP) is 1.78. The smallest absolute Gasteiger partial charge is 0.335 e. The maximum Gasteiger partial charge on any atom is 0.335 e. The van der Waals surface area contributed by atoms with Crippen molar-refractivity contribution >= 4 is 16.0 Å². The third-order valence-corrected chi connectivity index (χ3v) is 4.89. The molecule has 22 heavy (non-hydrogen) atoms. The number of nitrogens with zero attached hydrogens (tertiary/aromatic N) is 1. The normalized spacial score (nSPS) is 11.6. The molecule has 0 atom stereocenters. The second kappa shape index (κ2) is 5.90. The molecule has 0 radical (unpaired) electrons. The van der Waals surface area contributed by atoms with Crippen LogP contribution in [0.1, 0.15) is 32.9 Å². The molecule has 0 spiro atoms. The molecule has 1 aromatic heterocycles. The van der Waals surface area contributed by atoms with Crippen LogP contribution in [-0.4, -0.2) is 24.7 Å². The molecule has 0 fully saturated rings.